The van der Waals surface area contributed by atoms with Crippen LogP contribution in [0.1, 0.15) is 26.3 Å². The van der Waals surface area contributed by atoms with E-state index in [1.165, 1.54) is 0 Å². The largest absolute Gasteiger partial charge is 0.357 e. The molecule has 0 aliphatic rings. The Kier molecular flexibility index (Phi) is 3.88. The highest BCUT2D eigenvalue weighted by Crippen LogP contribution is 2.31. The molecular weight excluding hydrogens is 255 g/mol. The fourth-order valence-corrected chi connectivity index (χ4v) is 1.95. The highest BCUT2D eigenvalue weighted by molar-refractivity contribution is 5.63. The minimum absolute atomic E-state index is 0.0427. The van der Waals surface area contributed by atoms with Gasteiger partial charge in [0.15, 0.2) is 11.6 Å². The SMILES string of the molecule is CNc1ncc(F)c(Nc2ccccc2C(C)(C)C)n1. The number of hydrogen-bond acceptors (Lipinski definition) is 4. The number of nitrogens with zero attached hydrogens (tertiary/aromatic N) is 2. The molecule has 1 aromatic carbocycles. The predicted octanol–water partition coefficient (Wildman–Crippen LogP) is 3.70. The molecule has 0 unspecified atom stereocenters. The van der Waals surface area contributed by atoms with Crippen LogP contribution in [0, 0.1) is 5.82 Å². The van der Waals surface area contributed by atoms with Crippen molar-refractivity contribution in [1.29, 1.82) is 0 Å². The van der Waals surface area contributed by atoms with Crippen LogP contribution in [0.2, 0.25) is 0 Å². The highest BCUT2D eigenvalue weighted by atomic mass is 19.1. The third-order valence-electron chi connectivity index (χ3n) is 2.96. The van der Waals surface area contributed by atoms with Crippen molar-refractivity contribution >= 4 is 17.5 Å². The molecule has 0 saturated carbocycles. The Morgan fingerprint density at radius 3 is 2.50 bits per heavy atom. The van der Waals surface area contributed by atoms with Crippen LogP contribution in [0.3, 0.4) is 0 Å². The van der Waals surface area contributed by atoms with Crippen molar-refractivity contribution in [3.8, 4) is 0 Å². The smallest absolute Gasteiger partial charge is 0.224 e. The van der Waals surface area contributed by atoms with Crippen LogP contribution in [0.15, 0.2) is 30.5 Å². The number of nitrogens with one attached hydrogen (secondary N) is 2. The van der Waals surface area contributed by atoms with Crippen LogP contribution in [-0.2, 0) is 5.41 Å². The number of para-hydroxylation sites is 1. The average molecular weight is 274 g/mol. The van der Waals surface area contributed by atoms with Crippen LogP contribution < -0.4 is 10.6 Å². The van der Waals surface area contributed by atoms with Crippen molar-refractivity contribution in [2.45, 2.75) is 26.2 Å². The molecule has 0 aliphatic heterocycles. The third kappa shape index (κ3) is 3.04. The Labute approximate surface area is 118 Å². The van der Waals surface area contributed by atoms with Gasteiger partial charge >= 0.3 is 0 Å². The fraction of sp³-hybridized carbons (Fsp3) is 0.333. The zero-order valence-electron chi connectivity index (χ0n) is 12.2. The van der Waals surface area contributed by atoms with E-state index >= 15 is 0 Å². The zero-order chi connectivity index (χ0) is 14.8. The molecule has 0 spiro atoms. The molecule has 1 heterocycles. The van der Waals surface area contributed by atoms with E-state index < -0.39 is 5.82 Å². The number of halogens is 1. The minimum Gasteiger partial charge on any atom is -0.357 e. The molecule has 0 radical (unpaired) electrons. The Hall–Kier alpha value is -2.17. The van der Waals surface area contributed by atoms with Crippen molar-refractivity contribution in [2.24, 2.45) is 0 Å². The van der Waals surface area contributed by atoms with Gasteiger partial charge in [-0.3, -0.25) is 0 Å². The molecule has 0 fully saturated rings. The molecule has 0 saturated heterocycles. The van der Waals surface area contributed by atoms with Crippen LogP contribution >= 0.6 is 0 Å². The number of hydrogen-bond donors (Lipinski definition) is 2. The van der Waals surface area contributed by atoms with Crippen LogP contribution in [0.5, 0.6) is 0 Å². The van der Waals surface area contributed by atoms with E-state index in [2.05, 4.69) is 41.4 Å². The lowest BCUT2D eigenvalue weighted by atomic mass is 9.86. The molecule has 2 N–H and O–H groups in total. The number of rotatable bonds is 3. The van der Waals surface area contributed by atoms with Gasteiger partial charge in [-0.1, -0.05) is 39.0 Å². The third-order valence-corrected chi connectivity index (χ3v) is 2.96. The molecule has 0 aliphatic carbocycles. The first-order valence-corrected chi connectivity index (χ1v) is 6.48. The maximum Gasteiger partial charge on any atom is 0.224 e. The van der Waals surface area contributed by atoms with Crippen molar-refractivity contribution in [2.75, 3.05) is 17.7 Å². The van der Waals surface area contributed by atoms with E-state index in [1.54, 1.807) is 7.05 Å². The van der Waals surface area contributed by atoms with Gasteiger partial charge in [-0.05, 0) is 17.0 Å². The topological polar surface area (TPSA) is 49.8 Å². The Bertz CT molecular complexity index is 605. The van der Waals surface area contributed by atoms with Gasteiger partial charge in [-0.25, -0.2) is 9.37 Å². The van der Waals surface area contributed by atoms with Gasteiger partial charge in [0.25, 0.3) is 0 Å². The molecule has 5 heteroatoms. The van der Waals surface area contributed by atoms with Gasteiger partial charge in [0.2, 0.25) is 5.95 Å². The molecule has 2 aromatic rings. The van der Waals surface area contributed by atoms with Crippen LogP contribution in [0.25, 0.3) is 0 Å². The predicted molar refractivity (Wildman–Crippen MR) is 80.0 cm³/mol. The molecule has 106 valence electrons. The summed E-state index contributed by atoms with van der Waals surface area (Å²) >= 11 is 0. The second-order valence-corrected chi connectivity index (χ2v) is 5.56. The van der Waals surface area contributed by atoms with Crippen molar-refractivity contribution in [3.05, 3.63) is 41.8 Å². The quantitative estimate of drug-likeness (QED) is 0.896. The summed E-state index contributed by atoms with van der Waals surface area (Å²) in [6.07, 6.45) is 1.15. The molecule has 2 rings (SSSR count). The van der Waals surface area contributed by atoms with Gasteiger partial charge in [-0.2, -0.15) is 4.98 Å². The van der Waals surface area contributed by atoms with E-state index in [0.29, 0.717) is 5.95 Å². The van der Waals surface area contributed by atoms with Gasteiger partial charge in [0.1, 0.15) is 0 Å². The maximum absolute atomic E-state index is 13.8. The lowest BCUT2D eigenvalue weighted by Crippen LogP contribution is -2.14. The highest BCUT2D eigenvalue weighted by Gasteiger charge is 2.18. The summed E-state index contributed by atoms with van der Waals surface area (Å²) < 4.78 is 13.8. The van der Waals surface area contributed by atoms with E-state index in [4.69, 9.17) is 0 Å². The monoisotopic (exact) mass is 274 g/mol. The van der Waals surface area contributed by atoms with Crippen molar-refractivity contribution < 1.29 is 4.39 Å². The van der Waals surface area contributed by atoms with Gasteiger partial charge in [0.05, 0.1) is 6.20 Å². The van der Waals surface area contributed by atoms with Gasteiger partial charge in [0, 0.05) is 12.7 Å². The van der Waals surface area contributed by atoms with Crippen molar-refractivity contribution in [3.63, 3.8) is 0 Å². The van der Waals surface area contributed by atoms with Crippen LogP contribution in [-0.4, -0.2) is 17.0 Å². The second-order valence-electron chi connectivity index (χ2n) is 5.56. The standard InChI is InChI=1S/C15H19FN4/c1-15(2,3)10-7-5-6-8-12(10)19-13-11(16)9-18-14(17-4)20-13/h5-9H,1-4H3,(H2,17,18,19,20). The number of aromatic nitrogens is 2. The Balaban J connectivity index is 2.40. The molecule has 0 amide bonds. The average Bonchev–Trinajstić information content (AvgIpc) is 2.41. The summed E-state index contributed by atoms with van der Waals surface area (Å²) in [7, 11) is 1.69. The minimum atomic E-state index is -0.479. The summed E-state index contributed by atoms with van der Waals surface area (Å²) in [5, 5.41) is 5.85. The van der Waals surface area contributed by atoms with Crippen LogP contribution in [0.4, 0.5) is 21.8 Å². The maximum atomic E-state index is 13.8. The fourth-order valence-electron chi connectivity index (χ4n) is 1.95. The number of benzene rings is 1. The lowest BCUT2D eigenvalue weighted by Gasteiger charge is -2.23. The second kappa shape index (κ2) is 5.45. The molecule has 4 nitrogen and oxygen atoms in total. The molecule has 0 bridgehead atoms. The summed E-state index contributed by atoms with van der Waals surface area (Å²) in [6.45, 7) is 6.34. The van der Waals surface area contributed by atoms with E-state index in [1.807, 2.05) is 24.3 Å². The van der Waals surface area contributed by atoms with Gasteiger partial charge < -0.3 is 10.6 Å². The zero-order valence-corrected chi connectivity index (χ0v) is 12.2. The van der Waals surface area contributed by atoms with E-state index in [-0.39, 0.29) is 11.2 Å². The molecule has 0 atom stereocenters. The molecular formula is C15H19FN4. The van der Waals surface area contributed by atoms with Gasteiger partial charge in [-0.15, -0.1) is 0 Å². The summed E-state index contributed by atoms with van der Waals surface area (Å²) in [6, 6.07) is 7.83. The van der Waals surface area contributed by atoms with E-state index in [0.717, 1.165) is 17.4 Å². The lowest BCUT2D eigenvalue weighted by molar-refractivity contribution is 0.591. The Morgan fingerprint density at radius 1 is 1.15 bits per heavy atom. The summed E-state index contributed by atoms with van der Waals surface area (Å²) in [4.78, 5) is 7.93. The first kappa shape index (κ1) is 14.2. The first-order chi connectivity index (χ1) is 9.41. The Morgan fingerprint density at radius 2 is 1.85 bits per heavy atom. The first-order valence-electron chi connectivity index (χ1n) is 6.48. The normalized spacial score (nSPS) is 11.2. The van der Waals surface area contributed by atoms with Crippen molar-refractivity contribution in [1.82, 2.24) is 9.97 Å². The van der Waals surface area contributed by atoms with E-state index in [9.17, 15) is 4.39 Å². The number of anilines is 3. The summed E-state index contributed by atoms with van der Waals surface area (Å²) in [5.74, 6) is 0.0657. The summed E-state index contributed by atoms with van der Waals surface area (Å²) in [5.41, 5.74) is 1.91. The molecule has 1 aromatic heterocycles. The molecule has 20 heavy (non-hydrogen) atoms.